The zero-order valence-electron chi connectivity index (χ0n) is 9.71. The van der Waals surface area contributed by atoms with E-state index in [0.717, 1.165) is 20.2 Å². The van der Waals surface area contributed by atoms with Gasteiger partial charge < -0.3 is 5.73 Å². The Hall–Kier alpha value is -0.130. The minimum atomic E-state index is -0.278. The standard InChI is InChI=1S/C13H10Br2Cl2N2/c14-7-4-9(15)13(19-6-7)12(18)5-8-10(16)2-1-3-11(8)17/h1-4,6,12H,5,18H2. The third-order valence-corrected chi connectivity index (χ3v) is 4.45. The molecule has 1 aromatic heterocycles. The fourth-order valence-corrected chi connectivity index (χ4v) is 3.58. The maximum Gasteiger partial charge on any atom is 0.0716 e. The lowest BCUT2D eigenvalue weighted by Crippen LogP contribution is -2.16. The molecule has 0 amide bonds. The highest BCUT2D eigenvalue weighted by Gasteiger charge is 2.16. The van der Waals surface area contributed by atoms with Gasteiger partial charge in [-0.3, -0.25) is 4.98 Å². The molecule has 19 heavy (non-hydrogen) atoms. The van der Waals surface area contributed by atoms with Crippen LogP contribution in [0.3, 0.4) is 0 Å². The van der Waals surface area contributed by atoms with E-state index in [-0.39, 0.29) is 6.04 Å². The predicted molar refractivity (Wildman–Crippen MR) is 86.7 cm³/mol. The van der Waals surface area contributed by atoms with Gasteiger partial charge in [-0.05, 0) is 62.0 Å². The lowest BCUT2D eigenvalue weighted by atomic mass is 10.0. The lowest BCUT2D eigenvalue weighted by molar-refractivity contribution is 0.692. The van der Waals surface area contributed by atoms with Gasteiger partial charge in [0.1, 0.15) is 0 Å². The molecule has 6 heteroatoms. The summed E-state index contributed by atoms with van der Waals surface area (Å²) in [6, 6.07) is 7.06. The van der Waals surface area contributed by atoms with E-state index in [1.807, 2.05) is 12.1 Å². The van der Waals surface area contributed by atoms with Crippen molar-refractivity contribution >= 4 is 55.1 Å². The summed E-state index contributed by atoms with van der Waals surface area (Å²) in [5.74, 6) is 0. The maximum absolute atomic E-state index is 6.19. The molecule has 0 saturated heterocycles. The highest BCUT2D eigenvalue weighted by Crippen LogP contribution is 2.30. The van der Waals surface area contributed by atoms with Crippen molar-refractivity contribution in [2.75, 3.05) is 0 Å². The Balaban J connectivity index is 2.28. The quantitative estimate of drug-likeness (QED) is 0.739. The molecule has 0 bridgehead atoms. The first-order chi connectivity index (χ1) is 8.99. The van der Waals surface area contributed by atoms with E-state index in [1.165, 1.54) is 0 Å². The third kappa shape index (κ3) is 3.70. The lowest BCUT2D eigenvalue weighted by Gasteiger charge is -2.15. The Morgan fingerprint density at radius 2 is 1.84 bits per heavy atom. The fourth-order valence-electron chi connectivity index (χ4n) is 1.74. The van der Waals surface area contributed by atoms with E-state index < -0.39 is 0 Å². The molecule has 0 aliphatic rings. The second kappa shape index (κ2) is 6.55. The number of hydrogen-bond donors (Lipinski definition) is 1. The van der Waals surface area contributed by atoms with Crippen molar-refractivity contribution in [3.8, 4) is 0 Å². The van der Waals surface area contributed by atoms with Crippen molar-refractivity contribution in [1.82, 2.24) is 4.98 Å². The van der Waals surface area contributed by atoms with Gasteiger partial charge in [0.15, 0.2) is 0 Å². The smallest absolute Gasteiger partial charge is 0.0716 e. The zero-order chi connectivity index (χ0) is 14.0. The molecule has 2 aromatic rings. The Morgan fingerprint density at radius 1 is 1.21 bits per heavy atom. The number of rotatable bonds is 3. The van der Waals surface area contributed by atoms with Crippen LogP contribution in [-0.4, -0.2) is 4.98 Å². The zero-order valence-corrected chi connectivity index (χ0v) is 14.4. The van der Waals surface area contributed by atoms with Gasteiger partial charge in [0.05, 0.1) is 11.7 Å². The molecule has 0 fully saturated rings. The van der Waals surface area contributed by atoms with E-state index in [9.17, 15) is 0 Å². The van der Waals surface area contributed by atoms with Crippen LogP contribution >= 0.6 is 55.1 Å². The topological polar surface area (TPSA) is 38.9 Å². The van der Waals surface area contributed by atoms with Crippen LogP contribution in [0, 0.1) is 0 Å². The van der Waals surface area contributed by atoms with Crippen LogP contribution in [0.15, 0.2) is 39.4 Å². The molecule has 2 rings (SSSR count). The van der Waals surface area contributed by atoms with Gasteiger partial charge in [-0.1, -0.05) is 29.3 Å². The second-order valence-corrected chi connectivity index (χ2v) is 6.62. The first-order valence-electron chi connectivity index (χ1n) is 5.48. The predicted octanol–water partition coefficient (Wildman–Crippen LogP) is 5.16. The van der Waals surface area contributed by atoms with Gasteiger partial charge in [0.2, 0.25) is 0 Å². The summed E-state index contributed by atoms with van der Waals surface area (Å²) in [6.45, 7) is 0. The van der Waals surface area contributed by atoms with E-state index >= 15 is 0 Å². The first-order valence-corrected chi connectivity index (χ1v) is 7.82. The summed E-state index contributed by atoms with van der Waals surface area (Å²) in [5, 5.41) is 1.24. The van der Waals surface area contributed by atoms with Crippen LogP contribution in [0.25, 0.3) is 0 Å². The average Bonchev–Trinajstić information content (AvgIpc) is 2.33. The van der Waals surface area contributed by atoms with Crippen molar-refractivity contribution in [3.63, 3.8) is 0 Å². The number of benzene rings is 1. The van der Waals surface area contributed by atoms with Crippen LogP contribution in [-0.2, 0) is 6.42 Å². The van der Waals surface area contributed by atoms with Crippen molar-refractivity contribution in [2.24, 2.45) is 5.73 Å². The number of aromatic nitrogens is 1. The molecule has 0 saturated carbocycles. The molecule has 0 spiro atoms. The van der Waals surface area contributed by atoms with E-state index in [2.05, 4.69) is 36.8 Å². The minimum absolute atomic E-state index is 0.278. The summed E-state index contributed by atoms with van der Waals surface area (Å²) in [5.41, 5.74) is 7.81. The van der Waals surface area contributed by atoms with Crippen molar-refractivity contribution in [1.29, 1.82) is 0 Å². The number of nitrogens with zero attached hydrogens (tertiary/aromatic N) is 1. The molecule has 1 aromatic carbocycles. The fraction of sp³-hybridized carbons (Fsp3) is 0.154. The number of hydrogen-bond acceptors (Lipinski definition) is 2. The first kappa shape index (κ1) is 15.3. The molecule has 0 radical (unpaired) electrons. The number of halogens is 4. The molecular weight excluding hydrogens is 415 g/mol. The van der Waals surface area contributed by atoms with Crippen LogP contribution in [0.5, 0.6) is 0 Å². The van der Waals surface area contributed by atoms with Gasteiger partial charge in [-0.25, -0.2) is 0 Å². The van der Waals surface area contributed by atoms with Gasteiger partial charge >= 0.3 is 0 Å². The summed E-state index contributed by atoms with van der Waals surface area (Å²) in [4.78, 5) is 4.33. The monoisotopic (exact) mass is 422 g/mol. The van der Waals surface area contributed by atoms with Crippen LogP contribution < -0.4 is 5.73 Å². The highest BCUT2D eigenvalue weighted by atomic mass is 79.9. The van der Waals surface area contributed by atoms with Gasteiger partial charge in [-0.15, -0.1) is 0 Å². The molecule has 2 nitrogen and oxygen atoms in total. The van der Waals surface area contributed by atoms with Crippen molar-refractivity contribution in [3.05, 3.63) is 60.7 Å². The number of nitrogens with two attached hydrogens (primary N) is 1. The molecule has 0 aliphatic heterocycles. The SMILES string of the molecule is NC(Cc1c(Cl)cccc1Cl)c1ncc(Br)cc1Br. The molecule has 0 aliphatic carbocycles. The maximum atomic E-state index is 6.19. The van der Waals surface area contributed by atoms with Crippen LogP contribution in [0.2, 0.25) is 10.0 Å². The summed E-state index contributed by atoms with van der Waals surface area (Å²) < 4.78 is 1.75. The van der Waals surface area contributed by atoms with Crippen LogP contribution in [0.1, 0.15) is 17.3 Å². The Labute approximate surface area is 138 Å². The summed E-state index contributed by atoms with van der Waals surface area (Å²) in [7, 11) is 0. The largest absolute Gasteiger partial charge is 0.322 e. The van der Waals surface area contributed by atoms with Gasteiger partial charge in [0, 0.05) is 25.2 Å². The van der Waals surface area contributed by atoms with E-state index in [1.54, 1.807) is 18.3 Å². The third-order valence-electron chi connectivity index (χ3n) is 2.67. The molecule has 1 heterocycles. The highest BCUT2D eigenvalue weighted by molar-refractivity contribution is 9.11. The van der Waals surface area contributed by atoms with E-state index in [4.69, 9.17) is 28.9 Å². The summed E-state index contributed by atoms with van der Waals surface area (Å²) >= 11 is 19.1. The molecule has 1 unspecified atom stereocenters. The average molecular weight is 425 g/mol. The second-order valence-electron chi connectivity index (χ2n) is 4.03. The van der Waals surface area contributed by atoms with E-state index in [0.29, 0.717) is 16.5 Å². The molecule has 100 valence electrons. The Bertz CT molecular complexity index is 585. The molecular formula is C13H10Br2Cl2N2. The normalized spacial score (nSPS) is 12.5. The van der Waals surface area contributed by atoms with Gasteiger partial charge in [0.25, 0.3) is 0 Å². The minimum Gasteiger partial charge on any atom is -0.322 e. The molecule has 1 atom stereocenters. The van der Waals surface area contributed by atoms with Crippen molar-refractivity contribution < 1.29 is 0 Å². The Morgan fingerprint density at radius 3 is 2.42 bits per heavy atom. The van der Waals surface area contributed by atoms with Gasteiger partial charge in [-0.2, -0.15) is 0 Å². The van der Waals surface area contributed by atoms with Crippen molar-refractivity contribution in [2.45, 2.75) is 12.5 Å². The molecule has 2 N–H and O–H groups in total. The van der Waals surface area contributed by atoms with Crippen LogP contribution in [0.4, 0.5) is 0 Å². The Kier molecular flexibility index (Phi) is 5.26. The number of pyridine rings is 1. The summed E-state index contributed by atoms with van der Waals surface area (Å²) in [6.07, 6.45) is 2.25.